The first kappa shape index (κ1) is 15.9. The molecule has 1 aromatic rings. The number of nitrogens with zero attached hydrogens (tertiary/aromatic N) is 3. The molecule has 1 heterocycles. The minimum absolute atomic E-state index is 0.0585. The van der Waals surface area contributed by atoms with Crippen molar-refractivity contribution in [2.75, 3.05) is 13.2 Å². The molecule has 1 unspecified atom stereocenters. The number of hydrogen-bond acceptors (Lipinski definition) is 4. The van der Waals surface area contributed by atoms with Gasteiger partial charge in [0.2, 0.25) is 5.91 Å². The summed E-state index contributed by atoms with van der Waals surface area (Å²) in [4.78, 5) is 15.8. The quantitative estimate of drug-likeness (QED) is 0.742. The fourth-order valence-corrected chi connectivity index (χ4v) is 2.63. The van der Waals surface area contributed by atoms with Crippen LogP contribution in [0.5, 0.6) is 0 Å². The van der Waals surface area contributed by atoms with Crippen LogP contribution in [0.25, 0.3) is 0 Å². The summed E-state index contributed by atoms with van der Waals surface area (Å²) in [5.41, 5.74) is 0. The summed E-state index contributed by atoms with van der Waals surface area (Å²) < 4.78 is 7.51. The Labute approximate surface area is 126 Å². The average Bonchev–Trinajstić information content (AvgIpc) is 3.00. The van der Waals surface area contributed by atoms with Crippen LogP contribution in [0.1, 0.15) is 45.4 Å². The van der Waals surface area contributed by atoms with Gasteiger partial charge in [0.05, 0.1) is 18.6 Å². The molecule has 1 fully saturated rings. The van der Waals surface area contributed by atoms with E-state index >= 15 is 0 Å². The van der Waals surface area contributed by atoms with Gasteiger partial charge in [0.25, 0.3) is 0 Å². The summed E-state index contributed by atoms with van der Waals surface area (Å²) in [6, 6.07) is 0. The number of nitrogens with one attached hydrogen (secondary N) is 1. The van der Waals surface area contributed by atoms with Crippen LogP contribution in [0.2, 0.25) is 0 Å². The van der Waals surface area contributed by atoms with E-state index < -0.39 is 0 Å². The zero-order valence-electron chi connectivity index (χ0n) is 12.8. The molecule has 1 aromatic heterocycles. The number of carbonyl (C=O) groups is 1. The molecule has 0 saturated heterocycles. The van der Waals surface area contributed by atoms with Gasteiger partial charge in [0.1, 0.15) is 12.7 Å². The van der Waals surface area contributed by atoms with Gasteiger partial charge < -0.3 is 10.1 Å². The lowest BCUT2D eigenvalue weighted by Crippen LogP contribution is -2.33. The van der Waals surface area contributed by atoms with Crippen molar-refractivity contribution in [3.05, 3.63) is 12.7 Å². The third kappa shape index (κ3) is 5.83. The van der Waals surface area contributed by atoms with Crippen molar-refractivity contribution in [1.82, 2.24) is 20.1 Å². The first-order valence-corrected chi connectivity index (χ1v) is 7.97. The van der Waals surface area contributed by atoms with Crippen LogP contribution in [0.4, 0.5) is 0 Å². The van der Waals surface area contributed by atoms with Crippen molar-refractivity contribution in [1.29, 1.82) is 0 Å². The van der Waals surface area contributed by atoms with E-state index in [0.717, 1.165) is 13.0 Å². The Balaban J connectivity index is 1.52. The molecule has 1 atom stereocenters. The Morgan fingerprint density at radius 1 is 1.43 bits per heavy atom. The van der Waals surface area contributed by atoms with E-state index in [0.29, 0.717) is 19.2 Å². The van der Waals surface area contributed by atoms with Crippen LogP contribution in [0.15, 0.2) is 12.7 Å². The van der Waals surface area contributed by atoms with Gasteiger partial charge >= 0.3 is 0 Å². The SMILES string of the molecule is CC(Cn1cncn1)C(=O)NCCCOC1CCCCC1. The number of amides is 1. The van der Waals surface area contributed by atoms with E-state index in [9.17, 15) is 4.79 Å². The van der Waals surface area contributed by atoms with E-state index in [1.165, 1.54) is 38.4 Å². The van der Waals surface area contributed by atoms with Crippen LogP contribution < -0.4 is 5.32 Å². The number of carbonyl (C=O) groups excluding carboxylic acids is 1. The highest BCUT2D eigenvalue weighted by Gasteiger charge is 2.14. The molecular weight excluding hydrogens is 268 g/mol. The third-order valence-corrected chi connectivity index (χ3v) is 3.90. The maximum atomic E-state index is 11.9. The molecule has 0 aromatic carbocycles. The molecule has 1 aliphatic rings. The molecule has 6 heteroatoms. The van der Waals surface area contributed by atoms with Crippen molar-refractivity contribution in [2.24, 2.45) is 5.92 Å². The molecule has 1 N–H and O–H groups in total. The van der Waals surface area contributed by atoms with Gasteiger partial charge in [-0.15, -0.1) is 0 Å². The Morgan fingerprint density at radius 2 is 2.24 bits per heavy atom. The smallest absolute Gasteiger partial charge is 0.224 e. The lowest BCUT2D eigenvalue weighted by atomic mass is 9.98. The lowest BCUT2D eigenvalue weighted by Gasteiger charge is -2.22. The highest BCUT2D eigenvalue weighted by atomic mass is 16.5. The number of ether oxygens (including phenoxy) is 1. The summed E-state index contributed by atoms with van der Waals surface area (Å²) in [6.45, 7) is 3.87. The monoisotopic (exact) mass is 294 g/mol. The maximum absolute atomic E-state index is 11.9. The van der Waals surface area contributed by atoms with E-state index in [1.54, 1.807) is 11.0 Å². The van der Waals surface area contributed by atoms with Gasteiger partial charge in [-0.05, 0) is 19.3 Å². The van der Waals surface area contributed by atoms with E-state index in [2.05, 4.69) is 15.4 Å². The van der Waals surface area contributed by atoms with Crippen LogP contribution in [-0.4, -0.2) is 39.9 Å². The molecule has 0 radical (unpaired) electrons. The Morgan fingerprint density at radius 3 is 2.95 bits per heavy atom. The summed E-state index contributed by atoms with van der Waals surface area (Å²) in [7, 11) is 0. The molecule has 1 amide bonds. The van der Waals surface area contributed by atoms with E-state index in [4.69, 9.17) is 4.74 Å². The molecule has 1 saturated carbocycles. The number of hydrogen-bond donors (Lipinski definition) is 1. The van der Waals surface area contributed by atoms with Gasteiger partial charge in [-0.1, -0.05) is 26.2 Å². The van der Waals surface area contributed by atoms with E-state index in [-0.39, 0.29) is 11.8 Å². The largest absolute Gasteiger partial charge is 0.378 e. The standard InChI is InChI=1S/C15H26N4O2/c1-13(10-19-12-16-11-18-19)15(20)17-8-5-9-21-14-6-3-2-4-7-14/h11-14H,2-10H2,1H3,(H,17,20). The van der Waals surface area contributed by atoms with Crippen LogP contribution in [0, 0.1) is 5.92 Å². The number of aromatic nitrogens is 3. The highest BCUT2D eigenvalue weighted by Crippen LogP contribution is 2.20. The summed E-state index contributed by atoms with van der Waals surface area (Å²) in [5, 5.41) is 6.96. The van der Waals surface area contributed by atoms with E-state index in [1.807, 2.05) is 6.92 Å². The van der Waals surface area contributed by atoms with Crippen LogP contribution in [-0.2, 0) is 16.1 Å². The predicted octanol–water partition coefficient (Wildman–Crippen LogP) is 1.77. The molecule has 1 aliphatic carbocycles. The van der Waals surface area contributed by atoms with Gasteiger partial charge in [-0.2, -0.15) is 5.10 Å². The van der Waals surface area contributed by atoms with Gasteiger partial charge in [0, 0.05) is 13.2 Å². The summed E-state index contributed by atoms with van der Waals surface area (Å²) in [5.74, 6) is -0.0471. The normalized spacial score (nSPS) is 17.6. The number of rotatable bonds is 8. The van der Waals surface area contributed by atoms with Crippen molar-refractivity contribution in [3.63, 3.8) is 0 Å². The average molecular weight is 294 g/mol. The van der Waals surface area contributed by atoms with Crippen LogP contribution >= 0.6 is 0 Å². The second-order valence-corrected chi connectivity index (χ2v) is 5.79. The minimum atomic E-state index is -0.106. The molecule has 0 aliphatic heterocycles. The Hall–Kier alpha value is -1.43. The van der Waals surface area contributed by atoms with Crippen molar-refractivity contribution < 1.29 is 9.53 Å². The molecule has 0 bridgehead atoms. The first-order chi connectivity index (χ1) is 10.3. The molecule has 2 rings (SSSR count). The summed E-state index contributed by atoms with van der Waals surface area (Å²) in [6.07, 6.45) is 10.7. The zero-order valence-corrected chi connectivity index (χ0v) is 12.8. The zero-order chi connectivity index (χ0) is 14.9. The molecule has 0 spiro atoms. The second-order valence-electron chi connectivity index (χ2n) is 5.79. The molecule has 6 nitrogen and oxygen atoms in total. The fourth-order valence-electron chi connectivity index (χ4n) is 2.63. The first-order valence-electron chi connectivity index (χ1n) is 7.97. The second kappa shape index (κ2) is 8.77. The third-order valence-electron chi connectivity index (χ3n) is 3.90. The topological polar surface area (TPSA) is 69.0 Å². The molecular formula is C15H26N4O2. The van der Waals surface area contributed by atoms with Crippen molar-refractivity contribution >= 4 is 5.91 Å². The fraction of sp³-hybridized carbons (Fsp3) is 0.800. The Bertz CT molecular complexity index is 402. The van der Waals surface area contributed by atoms with Crippen molar-refractivity contribution in [3.8, 4) is 0 Å². The Kier molecular flexibility index (Phi) is 6.66. The predicted molar refractivity (Wildman–Crippen MR) is 79.6 cm³/mol. The molecule has 21 heavy (non-hydrogen) atoms. The lowest BCUT2D eigenvalue weighted by molar-refractivity contribution is -0.125. The van der Waals surface area contributed by atoms with Crippen molar-refractivity contribution in [2.45, 2.75) is 58.1 Å². The summed E-state index contributed by atoms with van der Waals surface area (Å²) >= 11 is 0. The minimum Gasteiger partial charge on any atom is -0.378 e. The van der Waals surface area contributed by atoms with Gasteiger partial charge in [-0.25, -0.2) is 4.98 Å². The van der Waals surface area contributed by atoms with Crippen LogP contribution in [0.3, 0.4) is 0 Å². The van der Waals surface area contributed by atoms with Gasteiger partial charge in [0.15, 0.2) is 0 Å². The molecule has 118 valence electrons. The highest BCUT2D eigenvalue weighted by molar-refractivity contribution is 5.78. The maximum Gasteiger partial charge on any atom is 0.224 e. The van der Waals surface area contributed by atoms with Gasteiger partial charge in [-0.3, -0.25) is 9.48 Å².